The van der Waals surface area contributed by atoms with Crippen LogP contribution in [0.4, 0.5) is 5.69 Å². The van der Waals surface area contributed by atoms with Crippen LogP contribution in [-0.2, 0) is 17.1 Å². The number of hydrogen-bond acceptors (Lipinski definition) is 5. The Morgan fingerprint density at radius 3 is 2.32 bits per heavy atom. The highest BCUT2D eigenvalue weighted by molar-refractivity contribution is 7.89. The van der Waals surface area contributed by atoms with E-state index in [1.165, 1.54) is 3.97 Å². The maximum absolute atomic E-state index is 13.4. The minimum Gasteiger partial charge on any atom is -0.368 e. The lowest BCUT2D eigenvalue weighted by atomic mass is 10.2. The summed E-state index contributed by atoms with van der Waals surface area (Å²) in [4.78, 5) is 21.4. The number of rotatable bonds is 3. The van der Waals surface area contributed by atoms with Crippen molar-refractivity contribution in [3.8, 4) is 0 Å². The van der Waals surface area contributed by atoms with E-state index in [9.17, 15) is 13.2 Å². The quantitative estimate of drug-likeness (QED) is 0.491. The van der Waals surface area contributed by atoms with Gasteiger partial charge in [0.2, 0.25) is 10.0 Å². The van der Waals surface area contributed by atoms with Crippen LogP contribution in [0, 0.1) is 0 Å². The number of aromatic nitrogens is 3. The first-order valence-corrected chi connectivity index (χ1v) is 11.9. The van der Waals surface area contributed by atoms with Crippen molar-refractivity contribution >= 4 is 43.6 Å². The van der Waals surface area contributed by atoms with Crippen LogP contribution in [0.5, 0.6) is 0 Å². The molecule has 3 aromatic heterocycles. The number of carbonyl (C=O) groups is 1. The Morgan fingerprint density at radius 1 is 0.968 bits per heavy atom. The third kappa shape index (κ3) is 3.16. The maximum Gasteiger partial charge on any atom is 0.271 e. The van der Waals surface area contributed by atoms with Crippen LogP contribution in [0.3, 0.4) is 0 Å². The molecular formula is C22H23N5O3S. The predicted octanol–water partition coefficient (Wildman–Crippen LogP) is 2.30. The summed E-state index contributed by atoms with van der Waals surface area (Å²) in [5, 5.41) is 0.812. The zero-order valence-electron chi connectivity index (χ0n) is 17.4. The molecule has 8 nitrogen and oxygen atoms in total. The molecule has 0 aliphatic carbocycles. The van der Waals surface area contributed by atoms with Crippen LogP contribution >= 0.6 is 0 Å². The molecule has 160 valence electrons. The van der Waals surface area contributed by atoms with Crippen LogP contribution in [-0.4, -0.2) is 65.2 Å². The van der Waals surface area contributed by atoms with Crippen molar-refractivity contribution in [1.29, 1.82) is 0 Å². The first-order valence-electron chi connectivity index (χ1n) is 10.1. The predicted molar refractivity (Wildman–Crippen MR) is 121 cm³/mol. The van der Waals surface area contributed by atoms with Crippen LogP contribution in [0.1, 0.15) is 10.5 Å². The van der Waals surface area contributed by atoms with Gasteiger partial charge in [-0.05, 0) is 24.3 Å². The minimum atomic E-state index is -3.69. The minimum absolute atomic E-state index is 0.186. The fourth-order valence-corrected chi connectivity index (χ4v) is 5.47. The highest BCUT2D eigenvalue weighted by Gasteiger charge is 2.30. The van der Waals surface area contributed by atoms with Gasteiger partial charge in [-0.15, -0.1) is 0 Å². The number of pyridine rings is 1. The van der Waals surface area contributed by atoms with E-state index in [1.807, 2.05) is 48.0 Å². The Balaban J connectivity index is 1.53. The molecule has 31 heavy (non-hydrogen) atoms. The van der Waals surface area contributed by atoms with E-state index >= 15 is 0 Å². The molecule has 5 rings (SSSR count). The summed E-state index contributed by atoms with van der Waals surface area (Å²) in [6.45, 7) is 2.40. The first-order chi connectivity index (χ1) is 14.9. The Labute approximate surface area is 180 Å². The molecule has 0 saturated carbocycles. The van der Waals surface area contributed by atoms with Gasteiger partial charge in [-0.25, -0.2) is 12.4 Å². The van der Waals surface area contributed by atoms with E-state index in [2.05, 4.69) is 9.88 Å². The smallest absolute Gasteiger partial charge is 0.271 e. The van der Waals surface area contributed by atoms with Gasteiger partial charge in [0.25, 0.3) is 5.91 Å². The molecule has 0 unspecified atom stereocenters. The van der Waals surface area contributed by atoms with Gasteiger partial charge in [0.15, 0.2) is 0 Å². The number of amides is 1. The van der Waals surface area contributed by atoms with Gasteiger partial charge < -0.3 is 14.4 Å². The average Bonchev–Trinajstić information content (AvgIpc) is 3.31. The fraction of sp³-hybridized carbons (Fsp3) is 0.273. The lowest BCUT2D eigenvalue weighted by Crippen LogP contribution is -2.49. The number of aryl methyl sites for hydroxylation is 1. The first kappa shape index (κ1) is 19.6. The summed E-state index contributed by atoms with van der Waals surface area (Å²) in [5.74, 6) is -0.264. The summed E-state index contributed by atoms with van der Waals surface area (Å²) in [5.41, 5.74) is 3.46. The fourth-order valence-electron chi connectivity index (χ4n) is 4.46. The molecule has 0 spiro atoms. The van der Waals surface area contributed by atoms with Crippen LogP contribution in [0.2, 0.25) is 0 Å². The van der Waals surface area contributed by atoms with Crippen molar-refractivity contribution in [1.82, 2.24) is 18.4 Å². The summed E-state index contributed by atoms with van der Waals surface area (Å²) < 4.78 is 28.7. The Hall–Kier alpha value is -3.33. The zero-order valence-corrected chi connectivity index (χ0v) is 18.2. The van der Waals surface area contributed by atoms with Crippen molar-refractivity contribution in [2.45, 2.75) is 0 Å². The van der Waals surface area contributed by atoms with Gasteiger partial charge in [-0.1, -0.05) is 18.2 Å². The van der Waals surface area contributed by atoms with E-state index < -0.39 is 10.0 Å². The van der Waals surface area contributed by atoms with Crippen LogP contribution in [0.25, 0.3) is 21.9 Å². The average molecular weight is 438 g/mol. The molecule has 4 aromatic rings. The van der Waals surface area contributed by atoms with Crippen molar-refractivity contribution in [3.05, 3.63) is 60.6 Å². The van der Waals surface area contributed by atoms with Gasteiger partial charge in [0.05, 0.1) is 22.8 Å². The van der Waals surface area contributed by atoms with Crippen molar-refractivity contribution < 1.29 is 13.2 Å². The number of hydrogen-bond donors (Lipinski definition) is 0. The molecule has 1 amide bonds. The van der Waals surface area contributed by atoms with E-state index in [4.69, 9.17) is 0 Å². The monoisotopic (exact) mass is 437 g/mol. The number of para-hydroxylation sites is 1. The second-order valence-electron chi connectivity index (χ2n) is 7.85. The molecule has 9 heteroatoms. The van der Waals surface area contributed by atoms with E-state index in [0.717, 1.165) is 28.4 Å². The highest BCUT2D eigenvalue weighted by Crippen LogP contribution is 2.32. The second-order valence-corrected chi connectivity index (χ2v) is 9.68. The highest BCUT2D eigenvalue weighted by atomic mass is 32.2. The van der Waals surface area contributed by atoms with Gasteiger partial charge >= 0.3 is 0 Å². The summed E-state index contributed by atoms with van der Waals surface area (Å²) in [6, 6.07) is 13.2. The third-order valence-electron chi connectivity index (χ3n) is 5.97. The van der Waals surface area contributed by atoms with Gasteiger partial charge in [-0.3, -0.25) is 9.78 Å². The van der Waals surface area contributed by atoms with Crippen molar-refractivity contribution in [3.63, 3.8) is 0 Å². The number of benzene rings is 1. The standard InChI is InChI=1S/C22H23N5O3S/c1-24-18-6-4-3-5-17(18)21-19(24)15-20(27(21)31(2,29)30)22(28)26-13-11-25(12-14-26)16-7-9-23-10-8-16/h3-10,15H,11-14H2,1-2H3. The Kier molecular flexibility index (Phi) is 4.51. The number of anilines is 1. The second kappa shape index (κ2) is 7.12. The molecule has 0 atom stereocenters. The third-order valence-corrected chi connectivity index (χ3v) is 7.01. The molecule has 0 radical (unpaired) electrons. The van der Waals surface area contributed by atoms with Crippen LogP contribution < -0.4 is 4.90 Å². The number of piperazine rings is 1. The molecular weight excluding hydrogens is 414 g/mol. The zero-order chi connectivity index (χ0) is 21.8. The van der Waals surface area contributed by atoms with Crippen molar-refractivity contribution in [2.75, 3.05) is 37.3 Å². The normalized spacial score (nSPS) is 15.2. The van der Waals surface area contributed by atoms with Crippen LogP contribution in [0.15, 0.2) is 54.9 Å². The molecule has 0 bridgehead atoms. The summed E-state index contributed by atoms with van der Waals surface area (Å²) in [6.07, 6.45) is 4.65. The van der Waals surface area contributed by atoms with E-state index in [1.54, 1.807) is 23.4 Å². The van der Waals surface area contributed by atoms with E-state index in [-0.39, 0.29) is 11.6 Å². The lowest BCUT2D eigenvalue weighted by Gasteiger charge is -2.36. The van der Waals surface area contributed by atoms with Gasteiger partial charge in [0.1, 0.15) is 5.69 Å². The molecule has 1 saturated heterocycles. The molecule has 1 fully saturated rings. The molecule has 1 aliphatic heterocycles. The molecule has 0 N–H and O–H groups in total. The Morgan fingerprint density at radius 2 is 1.65 bits per heavy atom. The number of nitrogens with zero attached hydrogens (tertiary/aromatic N) is 5. The van der Waals surface area contributed by atoms with Crippen molar-refractivity contribution in [2.24, 2.45) is 7.05 Å². The molecule has 4 heterocycles. The lowest BCUT2D eigenvalue weighted by molar-refractivity contribution is 0.0740. The van der Waals surface area contributed by atoms with E-state index in [0.29, 0.717) is 31.7 Å². The van der Waals surface area contributed by atoms with Gasteiger partial charge in [0, 0.05) is 56.7 Å². The van der Waals surface area contributed by atoms with Gasteiger partial charge in [-0.2, -0.15) is 0 Å². The molecule has 1 aromatic carbocycles. The largest absolute Gasteiger partial charge is 0.368 e. The number of fused-ring (bicyclic) bond motifs is 3. The number of carbonyl (C=O) groups excluding carboxylic acids is 1. The summed E-state index contributed by atoms with van der Waals surface area (Å²) in [7, 11) is -1.81. The SMILES string of the molecule is Cn1c2ccccc2c2c1cc(C(=O)N1CCN(c3ccncc3)CC1)n2S(C)(=O)=O. The summed E-state index contributed by atoms with van der Waals surface area (Å²) >= 11 is 0. The maximum atomic E-state index is 13.4. The Bertz CT molecular complexity index is 1400. The topological polar surface area (TPSA) is 80.4 Å². The molecule has 1 aliphatic rings.